The molecule has 0 spiro atoms. The fourth-order valence-electron chi connectivity index (χ4n) is 3.71. The third-order valence-electron chi connectivity index (χ3n) is 5.31. The zero-order chi connectivity index (χ0) is 24.6. The SMILES string of the molecule is NC(N)=NCCC[C@H](NC(=O)[C@@H]1CCCN1C(=O)[C@H](N)Cc1ccccc1)C(=O)C(F)(F)F. The Hall–Kier alpha value is -3.15. The molecule has 0 aliphatic carbocycles. The van der Waals surface area contributed by atoms with Crippen LogP contribution in [-0.4, -0.2) is 65.8 Å². The van der Waals surface area contributed by atoms with E-state index < -0.39 is 41.9 Å². The Morgan fingerprint density at radius 3 is 2.45 bits per heavy atom. The van der Waals surface area contributed by atoms with Crippen LogP contribution in [0.2, 0.25) is 0 Å². The van der Waals surface area contributed by atoms with Gasteiger partial charge >= 0.3 is 6.18 Å². The average Bonchev–Trinajstić information content (AvgIpc) is 3.24. The second-order valence-corrected chi connectivity index (χ2v) is 7.86. The van der Waals surface area contributed by atoms with Crippen LogP contribution in [0.15, 0.2) is 35.3 Å². The van der Waals surface area contributed by atoms with Gasteiger partial charge in [-0.25, -0.2) is 0 Å². The number of nitrogens with two attached hydrogens (primary N) is 3. The molecule has 1 aromatic carbocycles. The topological polar surface area (TPSA) is 157 Å². The smallest absolute Gasteiger partial charge is 0.370 e. The van der Waals surface area contributed by atoms with Crippen LogP contribution in [0.1, 0.15) is 31.2 Å². The van der Waals surface area contributed by atoms with Gasteiger partial charge in [-0.05, 0) is 37.7 Å². The molecule has 9 nitrogen and oxygen atoms in total. The lowest BCUT2D eigenvalue weighted by Crippen LogP contribution is -2.55. The largest absolute Gasteiger partial charge is 0.452 e. The molecule has 182 valence electrons. The molecule has 1 fully saturated rings. The van der Waals surface area contributed by atoms with Crippen molar-refractivity contribution in [2.24, 2.45) is 22.2 Å². The van der Waals surface area contributed by atoms with E-state index in [2.05, 4.69) is 10.3 Å². The van der Waals surface area contributed by atoms with Crippen LogP contribution in [0.3, 0.4) is 0 Å². The Kier molecular flexibility index (Phi) is 9.21. The average molecular weight is 470 g/mol. The molecular weight excluding hydrogens is 441 g/mol. The number of likely N-dealkylation sites (tertiary alicyclic amines) is 1. The lowest BCUT2D eigenvalue weighted by molar-refractivity contribution is -0.174. The number of ketones is 1. The van der Waals surface area contributed by atoms with Crippen molar-refractivity contribution in [3.63, 3.8) is 0 Å². The fraction of sp³-hybridized carbons (Fsp3) is 0.524. The van der Waals surface area contributed by atoms with Crippen LogP contribution in [0, 0.1) is 0 Å². The van der Waals surface area contributed by atoms with E-state index in [9.17, 15) is 27.6 Å². The van der Waals surface area contributed by atoms with Crippen LogP contribution >= 0.6 is 0 Å². The Morgan fingerprint density at radius 1 is 1.18 bits per heavy atom. The van der Waals surface area contributed by atoms with Crippen LogP contribution < -0.4 is 22.5 Å². The molecule has 0 aromatic heterocycles. The van der Waals surface area contributed by atoms with Gasteiger partial charge in [-0.3, -0.25) is 19.4 Å². The number of amides is 2. The summed E-state index contributed by atoms with van der Waals surface area (Å²) in [6.07, 6.45) is -4.39. The van der Waals surface area contributed by atoms with Crippen molar-refractivity contribution < 1.29 is 27.6 Å². The van der Waals surface area contributed by atoms with Crippen molar-refractivity contribution in [3.05, 3.63) is 35.9 Å². The number of hydrogen-bond acceptors (Lipinski definition) is 5. The number of aliphatic imine (C=N–C) groups is 1. The highest BCUT2D eigenvalue weighted by Crippen LogP contribution is 2.22. The van der Waals surface area contributed by atoms with Gasteiger partial charge in [0.25, 0.3) is 5.78 Å². The number of nitrogens with zero attached hydrogens (tertiary/aromatic N) is 2. The molecule has 2 rings (SSSR count). The number of hydrogen-bond donors (Lipinski definition) is 4. The van der Waals surface area contributed by atoms with Gasteiger partial charge in [-0.15, -0.1) is 0 Å². The van der Waals surface area contributed by atoms with Gasteiger partial charge in [-0.1, -0.05) is 30.3 Å². The molecule has 0 saturated carbocycles. The molecule has 12 heteroatoms. The molecule has 0 unspecified atom stereocenters. The number of carbonyl (C=O) groups is 3. The summed E-state index contributed by atoms with van der Waals surface area (Å²) < 4.78 is 39.1. The standard InChI is InChI=1S/C21H29F3N6O3/c22-21(23,24)17(31)15(8-4-10-28-20(26)27)29-18(32)16-9-5-11-30(16)19(33)14(25)12-13-6-2-1-3-7-13/h1-3,6-7,14-16H,4-5,8-12,25H2,(H,29,32)(H4,26,27,28)/t14-,15+,16+/m1/s1. The number of nitrogens with one attached hydrogen (secondary N) is 1. The van der Waals surface area contributed by atoms with E-state index >= 15 is 0 Å². The summed E-state index contributed by atoms with van der Waals surface area (Å²) in [4.78, 5) is 42.4. The van der Waals surface area contributed by atoms with Gasteiger partial charge in [0.05, 0.1) is 12.1 Å². The first-order chi connectivity index (χ1) is 15.5. The van der Waals surface area contributed by atoms with Gasteiger partial charge in [0.1, 0.15) is 6.04 Å². The number of alkyl halides is 3. The van der Waals surface area contributed by atoms with E-state index in [-0.39, 0.29) is 44.7 Å². The normalized spacial score (nSPS) is 17.8. The van der Waals surface area contributed by atoms with Gasteiger partial charge in [0.15, 0.2) is 5.96 Å². The highest BCUT2D eigenvalue weighted by atomic mass is 19.4. The highest BCUT2D eigenvalue weighted by molar-refractivity contribution is 5.95. The minimum Gasteiger partial charge on any atom is -0.370 e. The molecule has 1 aliphatic heterocycles. The second-order valence-electron chi connectivity index (χ2n) is 7.86. The van der Waals surface area contributed by atoms with Crippen molar-refractivity contribution >= 4 is 23.6 Å². The summed E-state index contributed by atoms with van der Waals surface area (Å²) in [7, 11) is 0. The summed E-state index contributed by atoms with van der Waals surface area (Å²) in [5, 5.41) is 2.17. The van der Waals surface area contributed by atoms with E-state index in [0.29, 0.717) is 6.42 Å². The molecular formula is C21H29F3N6O3. The van der Waals surface area contributed by atoms with Gasteiger partial charge in [-0.2, -0.15) is 13.2 Å². The summed E-state index contributed by atoms with van der Waals surface area (Å²) in [5.74, 6) is -3.60. The highest BCUT2D eigenvalue weighted by Gasteiger charge is 2.45. The van der Waals surface area contributed by atoms with E-state index in [1.807, 2.05) is 30.3 Å². The summed E-state index contributed by atoms with van der Waals surface area (Å²) in [6.45, 7) is 0.254. The molecule has 33 heavy (non-hydrogen) atoms. The minimum absolute atomic E-state index is 0.00220. The molecule has 7 N–H and O–H groups in total. The summed E-state index contributed by atoms with van der Waals surface area (Å²) >= 11 is 0. The first-order valence-corrected chi connectivity index (χ1v) is 10.6. The molecule has 1 aliphatic rings. The van der Waals surface area contributed by atoms with E-state index in [4.69, 9.17) is 17.2 Å². The van der Waals surface area contributed by atoms with Gasteiger partial charge in [0.2, 0.25) is 11.8 Å². The lowest BCUT2D eigenvalue weighted by atomic mass is 10.0. The monoisotopic (exact) mass is 470 g/mol. The summed E-state index contributed by atoms with van der Waals surface area (Å²) in [6, 6.07) is 5.37. The Labute approximate surface area is 189 Å². The number of carbonyl (C=O) groups excluding carboxylic acids is 3. The van der Waals surface area contributed by atoms with Gasteiger partial charge < -0.3 is 27.4 Å². The molecule has 1 aromatic rings. The Bertz CT molecular complexity index is 859. The van der Waals surface area contributed by atoms with Crippen molar-refractivity contribution in [2.75, 3.05) is 13.1 Å². The maximum absolute atomic E-state index is 13.0. The number of halogens is 3. The fourth-order valence-corrected chi connectivity index (χ4v) is 3.71. The predicted molar refractivity (Wildman–Crippen MR) is 116 cm³/mol. The van der Waals surface area contributed by atoms with Crippen LogP contribution in [0.4, 0.5) is 13.2 Å². The number of Topliss-reactive ketones (excluding diaryl/α,β-unsaturated/α-hetero) is 1. The quantitative estimate of drug-likeness (QED) is 0.218. The molecule has 0 bridgehead atoms. The van der Waals surface area contributed by atoms with E-state index in [1.165, 1.54) is 4.90 Å². The maximum atomic E-state index is 13.0. The van der Waals surface area contributed by atoms with Crippen molar-refractivity contribution in [2.45, 2.75) is 56.4 Å². The Balaban J connectivity index is 2.05. The van der Waals surface area contributed by atoms with Gasteiger partial charge in [0, 0.05) is 13.1 Å². The minimum atomic E-state index is -5.13. The predicted octanol–water partition coefficient (Wildman–Crippen LogP) is 0.217. The zero-order valence-electron chi connectivity index (χ0n) is 18.1. The third-order valence-corrected chi connectivity index (χ3v) is 5.31. The first-order valence-electron chi connectivity index (χ1n) is 10.6. The summed E-state index contributed by atoms with van der Waals surface area (Å²) in [5.41, 5.74) is 17.3. The number of guanidine groups is 1. The van der Waals surface area contributed by atoms with Crippen LogP contribution in [0.5, 0.6) is 0 Å². The first kappa shape index (κ1) is 26.1. The lowest BCUT2D eigenvalue weighted by Gasteiger charge is -2.28. The molecule has 2 amide bonds. The molecule has 1 saturated heterocycles. The Morgan fingerprint density at radius 2 is 1.85 bits per heavy atom. The zero-order valence-corrected chi connectivity index (χ0v) is 18.1. The van der Waals surface area contributed by atoms with Crippen molar-refractivity contribution in [3.8, 4) is 0 Å². The maximum Gasteiger partial charge on any atom is 0.452 e. The molecule has 3 atom stereocenters. The third kappa shape index (κ3) is 7.74. The number of rotatable bonds is 10. The second kappa shape index (κ2) is 11.6. The molecule has 1 heterocycles. The molecule has 0 radical (unpaired) electrons. The van der Waals surface area contributed by atoms with Crippen LogP contribution in [-0.2, 0) is 20.8 Å². The number of benzene rings is 1. The van der Waals surface area contributed by atoms with E-state index in [1.54, 1.807) is 0 Å². The van der Waals surface area contributed by atoms with Crippen molar-refractivity contribution in [1.82, 2.24) is 10.2 Å². The van der Waals surface area contributed by atoms with Crippen molar-refractivity contribution in [1.29, 1.82) is 0 Å². The van der Waals surface area contributed by atoms with Crippen LogP contribution in [0.25, 0.3) is 0 Å². The van der Waals surface area contributed by atoms with E-state index in [0.717, 1.165) is 5.56 Å².